The number of piperazine rings is 1. The van der Waals surface area contributed by atoms with Crippen molar-refractivity contribution in [2.24, 2.45) is 0 Å². The Morgan fingerprint density at radius 3 is 2.39 bits per heavy atom. The molecule has 0 unspecified atom stereocenters. The van der Waals surface area contributed by atoms with Crippen LogP contribution >= 0.6 is 27.3 Å². The molecule has 2 aromatic heterocycles. The summed E-state index contributed by atoms with van der Waals surface area (Å²) in [5.74, 6) is -0.0572. The van der Waals surface area contributed by atoms with Crippen molar-refractivity contribution in [1.82, 2.24) is 13.8 Å². The second kappa shape index (κ2) is 7.82. The van der Waals surface area contributed by atoms with Crippen molar-refractivity contribution in [2.45, 2.75) is 4.90 Å². The zero-order chi connectivity index (χ0) is 19.7. The molecule has 28 heavy (non-hydrogen) atoms. The maximum Gasteiger partial charge on any atom is 0.266 e. The van der Waals surface area contributed by atoms with Crippen LogP contribution in [-0.2, 0) is 10.0 Å². The molecule has 1 aliphatic heterocycles. The number of thiophene rings is 1. The Kier molecular flexibility index (Phi) is 5.42. The van der Waals surface area contributed by atoms with Gasteiger partial charge in [-0.1, -0.05) is 22.0 Å². The summed E-state index contributed by atoms with van der Waals surface area (Å²) in [5.41, 5.74) is 0.851. The number of hydrogen-bond donors (Lipinski definition) is 0. The standard InChI is InChI=1S/C19H18BrN3O3S2/c20-15-4-3-5-16(14-15)28(25,26)23-11-9-22(10-12-23)19(24)18-17(6-13-27-18)21-7-1-2-8-21/h1-8,13-14H,9-12H2. The summed E-state index contributed by atoms with van der Waals surface area (Å²) in [6, 6.07) is 12.4. The summed E-state index contributed by atoms with van der Waals surface area (Å²) in [6.45, 7) is 1.31. The number of benzene rings is 1. The third-order valence-electron chi connectivity index (χ3n) is 4.68. The Labute approximate surface area is 176 Å². The van der Waals surface area contributed by atoms with Crippen molar-refractivity contribution in [1.29, 1.82) is 0 Å². The van der Waals surface area contributed by atoms with Gasteiger partial charge in [-0.2, -0.15) is 4.31 Å². The van der Waals surface area contributed by atoms with Gasteiger partial charge in [-0.25, -0.2) is 8.42 Å². The van der Waals surface area contributed by atoms with Gasteiger partial charge in [0.1, 0.15) is 4.88 Å². The van der Waals surface area contributed by atoms with Gasteiger partial charge in [-0.15, -0.1) is 11.3 Å². The summed E-state index contributed by atoms with van der Waals surface area (Å²) in [6.07, 6.45) is 3.81. The van der Waals surface area contributed by atoms with E-state index >= 15 is 0 Å². The van der Waals surface area contributed by atoms with Crippen LogP contribution in [0.15, 0.2) is 69.6 Å². The predicted molar refractivity (Wildman–Crippen MR) is 112 cm³/mol. The van der Waals surface area contributed by atoms with Gasteiger partial charge in [0.15, 0.2) is 0 Å². The Bertz CT molecular complexity index is 1090. The third kappa shape index (κ3) is 3.67. The second-order valence-corrected chi connectivity index (χ2v) is 10.1. The van der Waals surface area contributed by atoms with E-state index in [1.165, 1.54) is 15.6 Å². The van der Waals surface area contributed by atoms with E-state index in [0.717, 1.165) is 10.2 Å². The van der Waals surface area contributed by atoms with Gasteiger partial charge >= 0.3 is 0 Å². The molecule has 6 nitrogen and oxygen atoms in total. The Morgan fingerprint density at radius 1 is 1.00 bits per heavy atom. The summed E-state index contributed by atoms with van der Waals surface area (Å²) < 4.78 is 29.8. The quantitative estimate of drug-likeness (QED) is 0.575. The number of halogens is 1. The fourth-order valence-corrected chi connectivity index (χ4v) is 6.09. The van der Waals surface area contributed by atoms with Crippen LogP contribution in [-0.4, -0.2) is 54.3 Å². The van der Waals surface area contributed by atoms with Gasteiger partial charge < -0.3 is 9.47 Å². The predicted octanol–water partition coefficient (Wildman–Crippen LogP) is 3.45. The van der Waals surface area contributed by atoms with E-state index in [2.05, 4.69) is 15.9 Å². The van der Waals surface area contributed by atoms with E-state index in [9.17, 15) is 13.2 Å². The highest BCUT2D eigenvalue weighted by molar-refractivity contribution is 9.10. The van der Waals surface area contributed by atoms with Crippen LogP contribution in [0.4, 0.5) is 0 Å². The SMILES string of the molecule is O=C(c1sccc1-n1cccc1)N1CCN(S(=O)(=O)c2cccc(Br)c2)CC1. The summed E-state index contributed by atoms with van der Waals surface area (Å²) in [5, 5.41) is 1.90. The van der Waals surface area contributed by atoms with Gasteiger partial charge in [0.05, 0.1) is 10.6 Å². The van der Waals surface area contributed by atoms with Gasteiger partial charge in [0, 0.05) is 43.0 Å². The van der Waals surface area contributed by atoms with Gasteiger partial charge in [0.2, 0.25) is 10.0 Å². The molecule has 0 radical (unpaired) electrons. The lowest BCUT2D eigenvalue weighted by Gasteiger charge is -2.34. The lowest BCUT2D eigenvalue weighted by Crippen LogP contribution is -2.50. The van der Waals surface area contributed by atoms with Crippen LogP contribution < -0.4 is 0 Å². The molecule has 0 saturated carbocycles. The molecular formula is C19H18BrN3O3S2. The highest BCUT2D eigenvalue weighted by atomic mass is 79.9. The molecule has 146 valence electrons. The number of carbonyl (C=O) groups is 1. The molecule has 3 aromatic rings. The molecule has 0 spiro atoms. The minimum absolute atomic E-state index is 0.0572. The first-order valence-electron chi connectivity index (χ1n) is 8.72. The zero-order valence-corrected chi connectivity index (χ0v) is 18.1. The molecule has 1 fully saturated rings. The molecule has 0 bridgehead atoms. The maximum absolute atomic E-state index is 13.0. The van der Waals surface area contributed by atoms with E-state index in [0.29, 0.717) is 18.0 Å². The summed E-state index contributed by atoms with van der Waals surface area (Å²) in [7, 11) is -3.57. The van der Waals surface area contributed by atoms with Crippen LogP contribution in [0, 0.1) is 0 Å². The maximum atomic E-state index is 13.0. The smallest absolute Gasteiger partial charge is 0.266 e. The van der Waals surface area contributed by atoms with E-state index < -0.39 is 10.0 Å². The molecule has 3 heterocycles. The lowest BCUT2D eigenvalue weighted by atomic mass is 10.3. The van der Waals surface area contributed by atoms with Crippen LogP contribution in [0.2, 0.25) is 0 Å². The van der Waals surface area contributed by atoms with Gasteiger partial charge in [-0.3, -0.25) is 4.79 Å². The van der Waals surface area contributed by atoms with Crippen molar-refractivity contribution in [3.05, 3.63) is 69.6 Å². The molecule has 1 saturated heterocycles. The number of sulfonamides is 1. The number of amides is 1. The van der Waals surface area contributed by atoms with Crippen LogP contribution in [0.5, 0.6) is 0 Å². The fraction of sp³-hybridized carbons (Fsp3) is 0.211. The monoisotopic (exact) mass is 479 g/mol. The van der Waals surface area contributed by atoms with Crippen molar-refractivity contribution in [3.8, 4) is 5.69 Å². The molecule has 4 rings (SSSR count). The van der Waals surface area contributed by atoms with Crippen LogP contribution in [0.25, 0.3) is 5.69 Å². The van der Waals surface area contributed by atoms with Crippen molar-refractivity contribution >= 4 is 43.2 Å². The second-order valence-electron chi connectivity index (χ2n) is 6.38. The number of rotatable bonds is 4. The summed E-state index contributed by atoms with van der Waals surface area (Å²) >= 11 is 4.72. The molecule has 0 N–H and O–H groups in total. The number of carbonyl (C=O) groups excluding carboxylic acids is 1. The van der Waals surface area contributed by atoms with Crippen LogP contribution in [0.1, 0.15) is 9.67 Å². The van der Waals surface area contributed by atoms with E-state index in [-0.39, 0.29) is 23.9 Å². The Morgan fingerprint density at radius 2 is 1.71 bits per heavy atom. The Balaban J connectivity index is 1.48. The average Bonchev–Trinajstić information content (AvgIpc) is 3.39. The number of aromatic nitrogens is 1. The first kappa shape index (κ1) is 19.4. The highest BCUT2D eigenvalue weighted by Gasteiger charge is 2.31. The zero-order valence-electron chi connectivity index (χ0n) is 14.9. The first-order valence-corrected chi connectivity index (χ1v) is 11.8. The van der Waals surface area contributed by atoms with Crippen molar-refractivity contribution < 1.29 is 13.2 Å². The normalized spacial score (nSPS) is 15.7. The molecule has 0 atom stereocenters. The van der Waals surface area contributed by atoms with E-state index in [1.807, 2.05) is 40.5 Å². The van der Waals surface area contributed by atoms with Gasteiger partial charge in [-0.05, 0) is 41.8 Å². The number of nitrogens with zero attached hydrogens (tertiary/aromatic N) is 3. The summed E-state index contributed by atoms with van der Waals surface area (Å²) in [4.78, 5) is 15.6. The lowest BCUT2D eigenvalue weighted by molar-refractivity contribution is 0.0703. The van der Waals surface area contributed by atoms with Crippen LogP contribution in [0.3, 0.4) is 0 Å². The molecule has 9 heteroatoms. The molecular weight excluding hydrogens is 462 g/mol. The Hall–Kier alpha value is -1.94. The van der Waals surface area contributed by atoms with Crippen molar-refractivity contribution in [2.75, 3.05) is 26.2 Å². The minimum atomic E-state index is -3.57. The van der Waals surface area contributed by atoms with E-state index in [4.69, 9.17) is 0 Å². The molecule has 1 aliphatic rings. The fourth-order valence-electron chi connectivity index (χ4n) is 3.21. The van der Waals surface area contributed by atoms with Crippen molar-refractivity contribution in [3.63, 3.8) is 0 Å². The molecule has 0 aliphatic carbocycles. The minimum Gasteiger partial charge on any atom is -0.335 e. The van der Waals surface area contributed by atoms with E-state index in [1.54, 1.807) is 29.2 Å². The average molecular weight is 480 g/mol. The third-order valence-corrected chi connectivity index (χ3v) is 7.96. The molecule has 1 aromatic carbocycles. The molecule has 1 amide bonds. The topological polar surface area (TPSA) is 62.6 Å². The van der Waals surface area contributed by atoms with Gasteiger partial charge in [0.25, 0.3) is 5.91 Å². The first-order chi connectivity index (χ1) is 13.5. The number of hydrogen-bond acceptors (Lipinski definition) is 4. The highest BCUT2D eigenvalue weighted by Crippen LogP contribution is 2.25. The largest absolute Gasteiger partial charge is 0.335 e.